The van der Waals surface area contributed by atoms with Crippen LogP contribution in [-0.2, 0) is 32.6 Å². The second kappa shape index (κ2) is 9.44. The number of amides is 2. The highest BCUT2D eigenvalue weighted by Gasteiger charge is 2.35. The number of hydrogen-bond donors (Lipinski definition) is 1. The first kappa shape index (κ1) is 23.7. The Labute approximate surface area is 199 Å². The predicted octanol–water partition coefficient (Wildman–Crippen LogP) is 3.35. The number of fused-ring (bicyclic) bond motifs is 1. The van der Waals surface area contributed by atoms with Gasteiger partial charge in [0.05, 0.1) is 10.8 Å². The summed E-state index contributed by atoms with van der Waals surface area (Å²) in [5.74, 6) is -0.646. The van der Waals surface area contributed by atoms with E-state index >= 15 is 0 Å². The van der Waals surface area contributed by atoms with Gasteiger partial charge in [0, 0.05) is 43.3 Å². The van der Waals surface area contributed by atoms with Crippen molar-refractivity contribution in [3.63, 3.8) is 0 Å². The smallest absolute Gasteiger partial charge is 0.243 e. The van der Waals surface area contributed by atoms with Gasteiger partial charge in [-0.15, -0.1) is 0 Å². The van der Waals surface area contributed by atoms with E-state index in [9.17, 15) is 18.0 Å². The third-order valence-corrected chi connectivity index (χ3v) is 8.64. The van der Waals surface area contributed by atoms with Gasteiger partial charge < -0.3 is 10.2 Å². The van der Waals surface area contributed by atoms with E-state index in [1.165, 1.54) is 11.2 Å². The molecule has 0 aliphatic carbocycles. The zero-order valence-electron chi connectivity index (χ0n) is 18.8. The van der Waals surface area contributed by atoms with Crippen LogP contribution in [0.2, 0.25) is 5.02 Å². The lowest BCUT2D eigenvalue weighted by atomic mass is 9.99. The number of anilines is 1. The number of nitrogens with zero attached hydrogens (tertiary/aromatic N) is 2. The minimum absolute atomic E-state index is 0.00312. The normalized spacial score (nSPS) is 21.0. The van der Waals surface area contributed by atoms with Crippen molar-refractivity contribution in [1.82, 2.24) is 9.62 Å². The Hall–Kier alpha value is -2.42. The molecular weight excluding hydrogens is 462 g/mol. The molecule has 2 heterocycles. The van der Waals surface area contributed by atoms with E-state index in [-0.39, 0.29) is 29.3 Å². The molecule has 0 spiro atoms. The number of halogens is 1. The van der Waals surface area contributed by atoms with Crippen molar-refractivity contribution in [2.45, 2.75) is 50.6 Å². The monoisotopic (exact) mass is 489 g/mol. The van der Waals surface area contributed by atoms with Crippen LogP contribution in [0.5, 0.6) is 0 Å². The number of nitrogens with one attached hydrogen (secondary N) is 1. The van der Waals surface area contributed by atoms with Crippen LogP contribution in [0.1, 0.15) is 37.8 Å². The molecule has 2 aromatic rings. The molecule has 0 bridgehead atoms. The summed E-state index contributed by atoms with van der Waals surface area (Å²) in [6, 6.07) is 12.2. The number of hydrogen-bond acceptors (Lipinski definition) is 4. The Morgan fingerprint density at radius 2 is 1.94 bits per heavy atom. The van der Waals surface area contributed by atoms with Gasteiger partial charge in [-0.05, 0) is 61.6 Å². The molecule has 176 valence electrons. The Morgan fingerprint density at radius 1 is 1.18 bits per heavy atom. The first-order chi connectivity index (χ1) is 15.7. The second-order valence-corrected chi connectivity index (χ2v) is 11.1. The number of carbonyl (C=O) groups is 2. The lowest BCUT2D eigenvalue weighted by molar-refractivity contribution is -0.126. The first-order valence-electron chi connectivity index (χ1n) is 11.1. The highest BCUT2D eigenvalue weighted by Crippen LogP contribution is 2.35. The van der Waals surface area contributed by atoms with E-state index in [2.05, 4.69) is 5.32 Å². The lowest BCUT2D eigenvalue weighted by Crippen LogP contribution is -2.45. The van der Waals surface area contributed by atoms with Crippen LogP contribution >= 0.6 is 11.6 Å². The van der Waals surface area contributed by atoms with Crippen LogP contribution in [0.4, 0.5) is 5.69 Å². The maximum Gasteiger partial charge on any atom is 0.243 e. The number of piperidine rings is 1. The second-order valence-electron chi connectivity index (χ2n) is 8.74. The third-order valence-electron chi connectivity index (χ3n) is 6.41. The quantitative estimate of drug-likeness (QED) is 0.697. The first-order valence-corrected chi connectivity index (χ1v) is 12.9. The SMILES string of the molecule is CC(=O)N1c2ccc(S(=O)(=O)N3CCC[C@@H](C(=O)NCc4ccccc4Cl)C3)cc2C[C@@H]1C. The minimum Gasteiger partial charge on any atom is -0.352 e. The maximum atomic E-state index is 13.4. The van der Waals surface area contributed by atoms with Crippen LogP contribution < -0.4 is 10.2 Å². The molecule has 1 N–H and O–H groups in total. The number of benzene rings is 2. The molecule has 0 radical (unpaired) electrons. The van der Waals surface area contributed by atoms with Crippen molar-refractivity contribution in [1.29, 1.82) is 0 Å². The highest BCUT2D eigenvalue weighted by atomic mass is 35.5. The largest absolute Gasteiger partial charge is 0.352 e. The average molecular weight is 490 g/mol. The number of rotatable bonds is 5. The Balaban J connectivity index is 1.46. The van der Waals surface area contributed by atoms with Crippen molar-refractivity contribution >= 4 is 39.1 Å². The lowest BCUT2D eigenvalue weighted by Gasteiger charge is -2.31. The van der Waals surface area contributed by atoms with Gasteiger partial charge >= 0.3 is 0 Å². The summed E-state index contributed by atoms with van der Waals surface area (Å²) in [5.41, 5.74) is 2.44. The zero-order chi connectivity index (χ0) is 23.8. The van der Waals surface area contributed by atoms with Crippen LogP contribution in [0.3, 0.4) is 0 Å². The van der Waals surface area contributed by atoms with Crippen LogP contribution in [-0.4, -0.2) is 43.7 Å². The van der Waals surface area contributed by atoms with E-state index in [1.54, 1.807) is 29.2 Å². The maximum absolute atomic E-state index is 13.4. The molecule has 2 aliphatic rings. The van der Waals surface area contributed by atoms with E-state index in [0.717, 1.165) is 16.8 Å². The summed E-state index contributed by atoms with van der Waals surface area (Å²) in [6.45, 7) is 4.29. The molecule has 0 aromatic heterocycles. The molecule has 2 aromatic carbocycles. The van der Waals surface area contributed by atoms with Crippen LogP contribution in [0.15, 0.2) is 47.4 Å². The van der Waals surface area contributed by atoms with Crippen LogP contribution in [0.25, 0.3) is 0 Å². The molecule has 0 saturated carbocycles. The van der Waals surface area contributed by atoms with Gasteiger partial charge in [0.15, 0.2) is 0 Å². The third kappa shape index (κ3) is 4.78. The summed E-state index contributed by atoms with van der Waals surface area (Å²) in [4.78, 5) is 26.6. The van der Waals surface area contributed by atoms with Gasteiger partial charge in [-0.3, -0.25) is 9.59 Å². The van der Waals surface area contributed by atoms with Gasteiger partial charge in [-0.1, -0.05) is 29.8 Å². The molecular formula is C24H28ClN3O4S. The molecule has 2 atom stereocenters. The molecule has 7 nitrogen and oxygen atoms in total. The van der Waals surface area contributed by atoms with E-state index < -0.39 is 15.9 Å². The molecule has 2 aliphatic heterocycles. The van der Waals surface area contributed by atoms with E-state index in [1.807, 2.05) is 25.1 Å². The van der Waals surface area contributed by atoms with Gasteiger partial charge in [0.2, 0.25) is 21.8 Å². The predicted molar refractivity (Wildman–Crippen MR) is 128 cm³/mol. The molecule has 4 rings (SSSR count). The topological polar surface area (TPSA) is 86.8 Å². The summed E-state index contributed by atoms with van der Waals surface area (Å²) in [5, 5.41) is 3.48. The van der Waals surface area contributed by atoms with Crippen molar-refractivity contribution in [2.24, 2.45) is 5.92 Å². The van der Waals surface area contributed by atoms with Crippen LogP contribution in [0, 0.1) is 5.92 Å². The molecule has 33 heavy (non-hydrogen) atoms. The molecule has 1 fully saturated rings. The fourth-order valence-corrected chi connectivity index (χ4v) is 6.52. The van der Waals surface area contributed by atoms with E-state index in [0.29, 0.717) is 37.4 Å². The Bertz CT molecular complexity index is 1180. The average Bonchev–Trinajstić information content (AvgIpc) is 3.13. The standard InChI is InChI=1S/C24H28ClN3O4S/c1-16-12-20-13-21(9-10-23(20)28(16)17(2)29)33(31,32)27-11-5-7-19(15-27)24(30)26-14-18-6-3-4-8-22(18)25/h3-4,6,8-10,13,16,19H,5,7,11-12,14-15H2,1-2H3,(H,26,30)/t16-,19+/m0/s1. The number of carbonyl (C=O) groups excluding carboxylic acids is 2. The summed E-state index contributed by atoms with van der Waals surface area (Å²) in [7, 11) is -3.75. The number of sulfonamides is 1. The van der Waals surface area contributed by atoms with Crippen molar-refractivity contribution < 1.29 is 18.0 Å². The van der Waals surface area contributed by atoms with Crippen molar-refractivity contribution in [3.05, 3.63) is 58.6 Å². The highest BCUT2D eigenvalue weighted by molar-refractivity contribution is 7.89. The summed E-state index contributed by atoms with van der Waals surface area (Å²) in [6.07, 6.45) is 1.87. The fourth-order valence-electron chi connectivity index (χ4n) is 4.74. The minimum atomic E-state index is -3.75. The van der Waals surface area contributed by atoms with Gasteiger partial charge in [0.25, 0.3) is 0 Å². The van der Waals surface area contributed by atoms with Crippen molar-refractivity contribution in [3.8, 4) is 0 Å². The molecule has 2 amide bonds. The molecule has 1 saturated heterocycles. The van der Waals surface area contributed by atoms with E-state index in [4.69, 9.17) is 11.6 Å². The Kier molecular flexibility index (Phi) is 6.79. The Morgan fingerprint density at radius 3 is 2.67 bits per heavy atom. The van der Waals surface area contributed by atoms with Gasteiger partial charge in [0.1, 0.15) is 0 Å². The zero-order valence-corrected chi connectivity index (χ0v) is 20.3. The van der Waals surface area contributed by atoms with Gasteiger partial charge in [-0.25, -0.2) is 8.42 Å². The molecule has 0 unspecified atom stereocenters. The van der Waals surface area contributed by atoms with Crippen molar-refractivity contribution in [2.75, 3.05) is 18.0 Å². The fraction of sp³-hybridized carbons (Fsp3) is 0.417. The summed E-state index contributed by atoms with van der Waals surface area (Å²) >= 11 is 6.16. The van der Waals surface area contributed by atoms with Gasteiger partial charge in [-0.2, -0.15) is 4.31 Å². The summed E-state index contributed by atoms with van der Waals surface area (Å²) < 4.78 is 28.1. The molecule has 9 heteroatoms.